The smallest absolute Gasteiger partial charge is 0.230 e. The molecule has 0 saturated carbocycles. The minimum Gasteiger partial charge on any atom is -0.426 e. The van der Waals surface area contributed by atoms with Gasteiger partial charge in [-0.05, 0) is 31.2 Å². The van der Waals surface area contributed by atoms with Crippen molar-refractivity contribution in [2.45, 2.75) is 21.9 Å². The molecule has 0 aliphatic rings. The van der Waals surface area contributed by atoms with E-state index in [1.165, 1.54) is 18.4 Å². The van der Waals surface area contributed by atoms with E-state index in [0.29, 0.717) is 5.56 Å². The standard InChI is InChI=1S/C17H15NO4S2/c1-12-8-10-14(11-9-12)24(20,21)16-17(23(2)19)22-15(18-16)13-6-4-3-5-7-13/h3-11H,1-2H3. The van der Waals surface area contributed by atoms with Crippen LogP contribution in [0, 0.1) is 6.92 Å². The molecule has 5 nitrogen and oxygen atoms in total. The van der Waals surface area contributed by atoms with Crippen molar-refractivity contribution >= 4 is 20.6 Å². The number of aryl methyl sites for hydroxylation is 1. The molecule has 0 aliphatic heterocycles. The molecule has 24 heavy (non-hydrogen) atoms. The molecule has 0 N–H and O–H groups in total. The molecule has 1 atom stereocenters. The van der Waals surface area contributed by atoms with Crippen molar-refractivity contribution in [1.82, 2.24) is 4.98 Å². The molecule has 0 amide bonds. The van der Waals surface area contributed by atoms with Crippen LogP contribution in [0.5, 0.6) is 0 Å². The minimum absolute atomic E-state index is 0.0905. The summed E-state index contributed by atoms with van der Waals surface area (Å²) < 4.78 is 43.2. The molecular weight excluding hydrogens is 346 g/mol. The van der Waals surface area contributed by atoms with Gasteiger partial charge in [0.25, 0.3) is 0 Å². The quantitative estimate of drug-likeness (QED) is 0.713. The highest BCUT2D eigenvalue weighted by Gasteiger charge is 2.30. The lowest BCUT2D eigenvalue weighted by molar-refractivity contribution is 0.461. The number of hydrogen-bond donors (Lipinski definition) is 0. The lowest BCUT2D eigenvalue weighted by atomic mass is 10.2. The first-order valence-corrected chi connectivity index (χ1v) is 10.1. The first-order valence-electron chi connectivity index (χ1n) is 7.11. The molecule has 0 radical (unpaired) electrons. The normalized spacial score (nSPS) is 12.9. The summed E-state index contributed by atoms with van der Waals surface area (Å²) >= 11 is 0. The maximum atomic E-state index is 12.9. The van der Waals surface area contributed by atoms with Crippen molar-refractivity contribution in [2.75, 3.05) is 6.26 Å². The van der Waals surface area contributed by atoms with E-state index < -0.39 is 20.6 Å². The van der Waals surface area contributed by atoms with Crippen LogP contribution >= 0.6 is 0 Å². The molecule has 124 valence electrons. The Morgan fingerprint density at radius 2 is 1.62 bits per heavy atom. The van der Waals surface area contributed by atoms with Crippen molar-refractivity contribution in [3.63, 3.8) is 0 Å². The van der Waals surface area contributed by atoms with Crippen LogP contribution < -0.4 is 0 Å². The van der Waals surface area contributed by atoms with E-state index in [4.69, 9.17) is 4.42 Å². The third-order valence-corrected chi connectivity index (χ3v) is 6.04. The number of rotatable bonds is 4. The number of benzene rings is 2. The van der Waals surface area contributed by atoms with Crippen LogP contribution in [0.15, 0.2) is 74.0 Å². The second-order valence-corrected chi connectivity index (χ2v) is 8.39. The van der Waals surface area contributed by atoms with Gasteiger partial charge in [0.15, 0.2) is 0 Å². The largest absolute Gasteiger partial charge is 0.426 e. The van der Waals surface area contributed by atoms with Crippen LogP contribution in [-0.2, 0) is 20.6 Å². The molecule has 0 bridgehead atoms. The van der Waals surface area contributed by atoms with E-state index >= 15 is 0 Å². The Labute approximate surface area is 142 Å². The van der Waals surface area contributed by atoms with E-state index in [0.717, 1.165) is 5.56 Å². The van der Waals surface area contributed by atoms with Crippen LogP contribution in [0.25, 0.3) is 11.5 Å². The van der Waals surface area contributed by atoms with Crippen molar-refractivity contribution in [3.05, 3.63) is 60.2 Å². The van der Waals surface area contributed by atoms with Gasteiger partial charge in [-0.2, -0.15) is 4.98 Å². The fourth-order valence-corrected chi connectivity index (χ4v) is 4.53. The zero-order chi connectivity index (χ0) is 17.3. The van der Waals surface area contributed by atoms with Crippen molar-refractivity contribution in [1.29, 1.82) is 0 Å². The third-order valence-electron chi connectivity index (χ3n) is 3.43. The summed E-state index contributed by atoms with van der Waals surface area (Å²) in [4.78, 5) is 4.21. The van der Waals surface area contributed by atoms with Gasteiger partial charge in [0.2, 0.25) is 25.8 Å². The predicted molar refractivity (Wildman–Crippen MR) is 90.9 cm³/mol. The number of oxazole rings is 1. The van der Waals surface area contributed by atoms with Crippen LogP contribution in [0.3, 0.4) is 0 Å². The highest BCUT2D eigenvalue weighted by molar-refractivity contribution is 7.92. The van der Waals surface area contributed by atoms with Gasteiger partial charge >= 0.3 is 0 Å². The van der Waals surface area contributed by atoms with Gasteiger partial charge in [-0.25, -0.2) is 8.42 Å². The highest BCUT2D eigenvalue weighted by Crippen LogP contribution is 2.30. The van der Waals surface area contributed by atoms with Crippen molar-refractivity contribution in [2.24, 2.45) is 0 Å². The minimum atomic E-state index is -3.92. The average Bonchev–Trinajstić information content (AvgIpc) is 3.02. The van der Waals surface area contributed by atoms with Crippen LogP contribution in [0.4, 0.5) is 0 Å². The Kier molecular flexibility index (Phi) is 4.38. The second-order valence-electron chi connectivity index (χ2n) is 5.25. The molecule has 1 heterocycles. The van der Waals surface area contributed by atoms with Gasteiger partial charge in [-0.1, -0.05) is 35.9 Å². The second kappa shape index (κ2) is 6.33. The maximum Gasteiger partial charge on any atom is 0.230 e. The molecule has 1 unspecified atom stereocenters. The first kappa shape index (κ1) is 16.6. The van der Waals surface area contributed by atoms with Crippen LogP contribution in [0.1, 0.15) is 5.56 Å². The van der Waals surface area contributed by atoms with Gasteiger partial charge in [0.05, 0.1) is 15.7 Å². The summed E-state index contributed by atoms with van der Waals surface area (Å²) in [6, 6.07) is 15.3. The van der Waals surface area contributed by atoms with Gasteiger partial charge in [0, 0.05) is 11.8 Å². The molecule has 0 fully saturated rings. The first-order chi connectivity index (χ1) is 11.4. The van der Waals surface area contributed by atoms with Gasteiger partial charge in [0.1, 0.15) is 0 Å². The fourth-order valence-electron chi connectivity index (χ4n) is 2.18. The molecule has 7 heteroatoms. The van der Waals surface area contributed by atoms with E-state index in [1.54, 1.807) is 36.4 Å². The molecule has 0 saturated heterocycles. The number of nitrogens with zero attached hydrogens (tertiary/aromatic N) is 1. The number of aromatic nitrogens is 1. The number of sulfone groups is 1. The van der Waals surface area contributed by atoms with Crippen LogP contribution in [0.2, 0.25) is 0 Å². The van der Waals surface area contributed by atoms with Gasteiger partial charge < -0.3 is 4.42 Å². The monoisotopic (exact) mass is 361 g/mol. The fraction of sp³-hybridized carbons (Fsp3) is 0.118. The SMILES string of the molecule is Cc1ccc(S(=O)(=O)c2nc(-c3ccccc3)oc2S(C)=O)cc1. The van der Waals surface area contributed by atoms with Gasteiger partial charge in [-0.15, -0.1) is 0 Å². The topological polar surface area (TPSA) is 77.2 Å². The van der Waals surface area contributed by atoms with E-state index in [1.807, 2.05) is 13.0 Å². The maximum absolute atomic E-state index is 12.9. The Hall–Kier alpha value is -2.25. The molecule has 0 aliphatic carbocycles. The summed E-state index contributed by atoms with van der Waals surface area (Å²) in [5, 5.41) is -0.444. The Morgan fingerprint density at radius 3 is 2.21 bits per heavy atom. The number of hydrogen-bond acceptors (Lipinski definition) is 5. The third kappa shape index (κ3) is 3.05. The highest BCUT2D eigenvalue weighted by atomic mass is 32.2. The molecule has 2 aromatic carbocycles. The van der Waals surface area contributed by atoms with Crippen molar-refractivity contribution in [3.8, 4) is 11.5 Å². The summed E-state index contributed by atoms with van der Waals surface area (Å²) in [5.74, 6) is 0.131. The summed E-state index contributed by atoms with van der Waals surface area (Å²) in [6.07, 6.45) is 1.36. The molecule has 0 spiro atoms. The zero-order valence-electron chi connectivity index (χ0n) is 13.1. The van der Waals surface area contributed by atoms with Crippen LogP contribution in [-0.4, -0.2) is 23.9 Å². The zero-order valence-corrected chi connectivity index (χ0v) is 14.7. The summed E-state index contributed by atoms with van der Waals surface area (Å²) in [7, 11) is -5.54. The lowest BCUT2D eigenvalue weighted by Gasteiger charge is -2.02. The van der Waals surface area contributed by atoms with E-state index in [9.17, 15) is 12.6 Å². The molecular formula is C17H15NO4S2. The Bertz CT molecular complexity index is 991. The Morgan fingerprint density at radius 1 is 1.00 bits per heavy atom. The molecule has 3 rings (SSSR count). The Balaban J connectivity index is 2.18. The van der Waals surface area contributed by atoms with Gasteiger partial charge in [-0.3, -0.25) is 4.21 Å². The molecule has 1 aromatic heterocycles. The summed E-state index contributed by atoms with van der Waals surface area (Å²) in [6.45, 7) is 1.87. The summed E-state index contributed by atoms with van der Waals surface area (Å²) in [5.41, 5.74) is 1.56. The van der Waals surface area contributed by atoms with Crippen molar-refractivity contribution < 1.29 is 17.0 Å². The average molecular weight is 361 g/mol. The predicted octanol–water partition coefficient (Wildman–Crippen LogP) is 3.22. The molecule has 3 aromatic rings. The lowest BCUT2D eigenvalue weighted by Crippen LogP contribution is -2.06. The van der Waals surface area contributed by atoms with E-state index in [2.05, 4.69) is 4.98 Å². The van der Waals surface area contributed by atoms with E-state index in [-0.39, 0.29) is 20.9 Å².